The summed E-state index contributed by atoms with van der Waals surface area (Å²) in [4.78, 5) is 26.7. The van der Waals surface area contributed by atoms with E-state index >= 15 is 0 Å². The average molecular weight is 321 g/mol. The second-order valence-electron chi connectivity index (χ2n) is 7.08. The summed E-state index contributed by atoms with van der Waals surface area (Å²) < 4.78 is 0. The van der Waals surface area contributed by atoms with Crippen LogP contribution < -0.4 is 0 Å². The number of unbranched alkanes of at least 4 members (excludes halogenated alkanes) is 4. The van der Waals surface area contributed by atoms with Crippen LogP contribution in [0.4, 0.5) is 0 Å². The number of hydrogen-bond donors (Lipinski definition) is 1. The first-order chi connectivity index (χ1) is 11.1. The van der Waals surface area contributed by atoms with Crippen LogP contribution in [0.2, 0.25) is 0 Å². The Kier molecular flexibility index (Phi) is 6.67. The molecule has 0 unspecified atom stereocenters. The lowest BCUT2D eigenvalue weighted by molar-refractivity contribution is -0.151. The highest BCUT2D eigenvalue weighted by Crippen LogP contribution is 2.48. The third-order valence-corrected chi connectivity index (χ3v) is 5.40. The Morgan fingerprint density at radius 2 is 1.48 bits per heavy atom. The third-order valence-electron chi connectivity index (χ3n) is 5.40. The van der Waals surface area contributed by atoms with Crippen molar-refractivity contribution in [3.8, 4) is 0 Å². The molecule has 2 bridgehead atoms. The number of carboxylic acid groups (broad SMARTS) is 1. The second kappa shape index (κ2) is 8.51. The van der Waals surface area contributed by atoms with Crippen molar-refractivity contribution in [2.75, 3.05) is 13.1 Å². The molecular formula is C19H31NO3. The highest BCUT2D eigenvalue weighted by Gasteiger charge is 2.52. The van der Waals surface area contributed by atoms with Crippen LogP contribution in [0.3, 0.4) is 0 Å². The van der Waals surface area contributed by atoms with Gasteiger partial charge in [-0.2, -0.15) is 0 Å². The standard InChI is InChI=1S/C19H31NO3/c1-3-5-7-11-20(12-8-6-4-2)18(21)16-14-9-10-15(13-14)17(16)19(22)23/h9-10,14-17H,3-8,11-13H2,1-2H3,(H,22,23)/t14-,15+,16-,17+/m1/s1. The molecule has 1 saturated carbocycles. The average Bonchev–Trinajstić information content (AvgIpc) is 3.14. The summed E-state index contributed by atoms with van der Waals surface area (Å²) in [6, 6.07) is 0. The van der Waals surface area contributed by atoms with E-state index in [1.807, 2.05) is 11.0 Å². The molecule has 130 valence electrons. The van der Waals surface area contributed by atoms with Gasteiger partial charge in [-0.1, -0.05) is 51.7 Å². The van der Waals surface area contributed by atoms with Gasteiger partial charge in [0.15, 0.2) is 0 Å². The lowest BCUT2D eigenvalue weighted by atomic mass is 9.82. The Hall–Kier alpha value is -1.32. The van der Waals surface area contributed by atoms with Crippen LogP contribution in [0, 0.1) is 23.7 Å². The zero-order valence-corrected chi connectivity index (χ0v) is 14.5. The molecule has 1 fully saturated rings. The van der Waals surface area contributed by atoms with Gasteiger partial charge in [0, 0.05) is 13.1 Å². The fourth-order valence-corrected chi connectivity index (χ4v) is 4.14. The Bertz CT molecular complexity index is 436. The van der Waals surface area contributed by atoms with Crippen molar-refractivity contribution in [1.82, 2.24) is 4.90 Å². The van der Waals surface area contributed by atoms with Crippen molar-refractivity contribution in [3.63, 3.8) is 0 Å². The van der Waals surface area contributed by atoms with Gasteiger partial charge in [0.1, 0.15) is 0 Å². The van der Waals surface area contributed by atoms with Crippen molar-refractivity contribution in [2.45, 2.75) is 58.8 Å². The fraction of sp³-hybridized carbons (Fsp3) is 0.789. The first-order valence-corrected chi connectivity index (χ1v) is 9.30. The second-order valence-corrected chi connectivity index (χ2v) is 7.08. The molecule has 0 radical (unpaired) electrons. The van der Waals surface area contributed by atoms with Crippen molar-refractivity contribution >= 4 is 11.9 Å². The molecule has 1 N–H and O–H groups in total. The van der Waals surface area contributed by atoms with Crippen LogP contribution in [0.25, 0.3) is 0 Å². The number of nitrogens with zero attached hydrogens (tertiary/aromatic N) is 1. The molecule has 0 aromatic carbocycles. The van der Waals surface area contributed by atoms with Crippen molar-refractivity contribution in [3.05, 3.63) is 12.2 Å². The summed E-state index contributed by atoms with van der Waals surface area (Å²) in [5, 5.41) is 9.56. The lowest BCUT2D eigenvalue weighted by Gasteiger charge is -2.31. The molecule has 4 heteroatoms. The smallest absolute Gasteiger partial charge is 0.307 e. The zero-order valence-electron chi connectivity index (χ0n) is 14.5. The molecule has 0 aliphatic heterocycles. The fourth-order valence-electron chi connectivity index (χ4n) is 4.14. The van der Waals surface area contributed by atoms with E-state index in [4.69, 9.17) is 0 Å². The molecule has 2 aliphatic carbocycles. The van der Waals surface area contributed by atoms with Gasteiger partial charge >= 0.3 is 5.97 Å². The molecule has 0 spiro atoms. The van der Waals surface area contributed by atoms with Crippen molar-refractivity contribution in [1.29, 1.82) is 0 Å². The minimum Gasteiger partial charge on any atom is -0.481 e. The molecular weight excluding hydrogens is 290 g/mol. The van der Waals surface area contributed by atoms with Gasteiger partial charge in [0.25, 0.3) is 0 Å². The Morgan fingerprint density at radius 3 is 1.96 bits per heavy atom. The summed E-state index contributed by atoms with van der Waals surface area (Å²) in [6.45, 7) is 5.87. The summed E-state index contributed by atoms with van der Waals surface area (Å²) >= 11 is 0. The van der Waals surface area contributed by atoms with E-state index in [1.54, 1.807) is 0 Å². The van der Waals surface area contributed by atoms with Crippen molar-refractivity contribution in [2.24, 2.45) is 23.7 Å². The number of carbonyl (C=O) groups excluding carboxylic acids is 1. The quantitative estimate of drug-likeness (QED) is 0.493. The SMILES string of the molecule is CCCCCN(CCCCC)C(=O)[C@H]1[C@@H](C(=O)O)[C@H]2C=C[C@@H]1C2. The molecule has 23 heavy (non-hydrogen) atoms. The van der Waals surface area contributed by atoms with Crippen LogP contribution in [0.5, 0.6) is 0 Å². The minimum absolute atomic E-state index is 0.0552. The van der Waals surface area contributed by atoms with Gasteiger partial charge in [-0.25, -0.2) is 0 Å². The summed E-state index contributed by atoms with van der Waals surface area (Å²) in [6.07, 6.45) is 11.5. The zero-order chi connectivity index (χ0) is 16.8. The summed E-state index contributed by atoms with van der Waals surface area (Å²) in [5.74, 6) is -1.39. The van der Waals surface area contributed by atoms with Gasteiger partial charge in [-0.15, -0.1) is 0 Å². The number of fused-ring (bicyclic) bond motifs is 2. The van der Waals surface area contributed by atoms with Crippen LogP contribution >= 0.6 is 0 Å². The molecule has 4 atom stereocenters. The number of carboxylic acids is 1. The van der Waals surface area contributed by atoms with Gasteiger partial charge in [-0.05, 0) is 31.1 Å². The highest BCUT2D eigenvalue weighted by molar-refractivity contribution is 5.87. The van der Waals surface area contributed by atoms with Crippen LogP contribution in [-0.4, -0.2) is 35.0 Å². The maximum absolute atomic E-state index is 13.1. The predicted octanol–water partition coefficient (Wildman–Crippen LogP) is 3.72. The largest absolute Gasteiger partial charge is 0.481 e. The van der Waals surface area contributed by atoms with Gasteiger partial charge in [0.05, 0.1) is 11.8 Å². The maximum atomic E-state index is 13.1. The van der Waals surface area contributed by atoms with Crippen LogP contribution in [0.15, 0.2) is 12.2 Å². The van der Waals surface area contributed by atoms with E-state index < -0.39 is 11.9 Å². The topological polar surface area (TPSA) is 57.6 Å². The van der Waals surface area contributed by atoms with Crippen molar-refractivity contribution < 1.29 is 14.7 Å². The predicted molar refractivity (Wildman–Crippen MR) is 91.0 cm³/mol. The molecule has 0 aromatic heterocycles. The van der Waals surface area contributed by atoms with E-state index in [0.717, 1.165) is 58.0 Å². The monoisotopic (exact) mass is 321 g/mol. The van der Waals surface area contributed by atoms with Crippen LogP contribution in [-0.2, 0) is 9.59 Å². The van der Waals surface area contributed by atoms with Gasteiger partial charge < -0.3 is 10.0 Å². The van der Waals surface area contributed by atoms with E-state index in [0.29, 0.717) is 0 Å². The number of aliphatic carboxylic acids is 1. The van der Waals surface area contributed by atoms with Gasteiger partial charge in [0.2, 0.25) is 5.91 Å². The highest BCUT2D eigenvalue weighted by atomic mass is 16.4. The number of amides is 1. The first-order valence-electron chi connectivity index (χ1n) is 9.30. The molecule has 4 nitrogen and oxygen atoms in total. The number of carbonyl (C=O) groups is 2. The van der Waals surface area contributed by atoms with E-state index in [2.05, 4.69) is 19.9 Å². The number of hydrogen-bond acceptors (Lipinski definition) is 2. The summed E-state index contributed by atoms with van der Waals surface area (Å²) in [5.41, 5.74) is 0. The number of allylic oxidation sites excluding steroid dienone is 2. The van der Waals surface area contributed by atoms with E-state index in [9.17, 15) is 14.7 Å². The molecule has 2 rings (SSSR count). The molecule has 0 saturated heterocycles. The molecule has 0 heterocycles. The lowest BCUT2D eigenvalue weighted by Crippen LogP contribution is -2.43. The molecule has 1 amide bonds. The van der Waals surface area contributed by atoms with E-state index in [-0.39, 0.29) is 23.7 Å². The molecule has 2 aliphatic rings. The Balaban J connectivity index is 2.05. The maximum Gasteiger partial charge on any atom is 0.307 e. The third kappa shape index (κ3) is 4.15. The molecule has 0 aromatic rings. The first kappa shape index (κ1) is 18.0. The number of rotatable bonds is 10. The summed E-state index contributed by atoms with van der Waals surface area (Å²) in [7, 11) is 0. The van der Waals surface area contributed by atoms with Gasteiger partial charge in [-0.3, -0.25) is 9.59 Å². The minimum atomic E-state index is -0.803. The van der Waals surface area contributed by atoms with Crippen LogP contribution in [0.1, 0.15) is 58.8 Å². The Morgan fingerprint density at radius 1 is 0.957 bits per heavy atom. The van der Waals surface area contributed by atoms with E-state index in [1.165, 1.54) is 0 Å². The normalized spacial score (nSPS) is 28.3. The Labute approximate surface area is 139 Å².